The zero-order chi connectivity index (χ0) is 11.6. The van der Waals surface area contributed by atoms with Gasteiger partial charge in [0.25, 0.3) is 0 Å². The van der Waals surface area contributed by atoms with E-state index in [2.05, 4.69) is 79.8 Å². The van der Waals surface area contributed by atoms with Gasteiger partial charge < -0.3 is 0 Å². The van der Waals surface area contributed by atoms with Crippen LogP contribution >= 0.6 is 29.9 Å². The Bertz CT molecular complexity index is 193. The molecule has 0 aromatic rings. The normalized spacial score (nSPS) is 16.8. The van der Waals surface area contributed by atoms with Crippen molar-refractivity contribution in [3.8, 4) is 0 Å². The lowest BCUT2D eigenvalue weighted by Gasteiger charge is -2.21. The summed E-state index contributed by atoms with van der Waals surface area (Å²) in [5, 5.41) is 0. The highest BCUT2D eigenvalue weighted by molar-refractivity contribution is 14.1. The van der Waals surface area contributed by atoms with Gasteiger partial charge in [-0.25, -0.2) is 0 Å². The lowest BCUT2D eigenvalue weighted by atomic mass is 10.6. The first-order valence-electron chi connectivity index (χ1n) is 5.49. The zero-order valence-electron chi connectivity index (χ0n) is 10.1. The molecule has 0 aliphatic carbocycles. The van der Waals surface area contributed by atoms with E-state index < -0.39 is 7.26 Å². The molecule has 0 heterocycles. The Labute approximate surface area is 109 Å². The molecular weight excluding hydrogens is 314 g/mol. The van der Waals surface area contributed by atoms with Gasteiger partial charge in [0.05, 0.1) is 18.5 Å². The van der Waals surface area contributed by atoms with Crippen molar-refractivity contribution < 1.29 is 0 Å². The Hall–Kier alpha value is 0.380. The van der Waals surface area contributed by atoms with Gasteiger partial charge in [-0.05, 0) is 43.4 Å². The molecule has 0 unspecified atom stereocenters. The predicted octanol–water partition coefficient (Wildman–Crippen LogP) is 5.12. The lowest BCUT2D eigenvalue weighted by molar-refractivity contribution is 1.47. The van der Waals surface area contributed by atoms with E-state index in [9.17, 15) is 0 Å². The number of hydrogen-bond acceptors (Lipinski definition) is 0. The van der Waals surface area contributed by atoms with Crippen LogP contribution in [0.5, 0.6) is 0 Å². The fourth-order valence-electron chi connectivity index (χ4n) is 1.36. The van der Waals surface area contributed by atoms with E-state index in [1.807, 2.05) is 0 Å². The molecule has 15 heavy (non-hydrogen) atoms. The molecule has 0 fully saturated rings. The number of rotatable bonds is 7. The fraction of sp³-hybridized carbons (Fsp3) is 0.538. The SMILES string of the molecule is CC=CC[P+](CI)(CC=CC)CC=CC. The molecule has 0 nitrogen and oxygen atoms in total. The molecule has 0 aliphatic heterocycles. The van der Waals surface area contributed by atoms with Crippen LogP contribution in [0.4, 0.5) is 0 Å². The maximum absolute atomic E-state index is 2.57. The molecule has 0 rings (SSSR count). The second kappa shape index (κ2) is 9.59. The molecule has 0 spiro atoms. The van der Waals surface area contributed by atoms with Crippen molar-refractivity contribution in [3.05, 3.63) is 36.5 Å². The molecule has 0 amide bonds. The van der Waals surface area contributed by atoms with Crippen molar-refractivity contribution in [2.75, 3.05) is 22.7 Å². The van der Waals surface area contributed by atoms with Crippen LogP contribution in [-0.4, -0.2) is 22.7 Å². The number of hydrogen-bond donors (Lipinski definition) is 0. The summed E-state index contributed by atoms with van der Waals surface area (Å²) in [5.74, 6) is 0. The molecule has 0 atom stereocenters. The standard InChI is InChI=1S/C13H23IP/c1-4-7-10-15(13-14,11-8-5-2)12-9-6-3/h4-9H,10-13H2,1-3H3/q+1. The second-order valence-corrected chi connectivity index (χ2v) is 9.78. The summed E-state index contributed by atoms with van der Waals surface area (Å²) >= 11 is 2.57. The van der Waals surface area contributed by atoms with Crippen LogP contribution in [0.1, 0.15) is 20.8 Å². The summed E-state index contributed by atoms with van der Waals surface area (Å²) in [6.07, 6.45) is 17.5. The molecule has 0 saturated heterocycles. The third-order valence-electron chi connectivity index (χ3n) is 2.44. The van der Waals surface area contributed by atoms with Gasteiger partial charge in [-0.3, -0.25) is 0 Å². The van der Waals surface area contributed by atoms with E-state index in [1.54, 1.807) is 0 Å². The molecule has 0 aromatic carbocycles. The van der Waals surface area contributed by atoms with E-state index in [-0.39, 0.29) is 0 Å². The van der Waals surface area contributed by atoms with Gasteiger partial charge in [0.2, 0.25) is 0 Å². The molecule has 86 valence electrons. The van der Waals surface area contributed by atoms with Gasteiger partial charge in [-0.1, -0.05) is 36.5 Å². The molecular formula is C13H23IP+. The summed E-state index contributed by atoms with van der Waals surface area (Å²) in [4.78, 5) is 0. The third-order valence-corrected chi connectivity index (χ3v) is 10.2. The van der Waals surface area contributed by atoms with Crippen LogP contribution in [0.3, 0.4) is 0 Å². The van der Waals surface area contributed by atoms with Crippen LogP contribution in [0, 0.1) is 0 Å². The van der Waals surface area contributed by atoms with Gasteiger partial charge in [0, 0.05) is 7.26 Å². The number of allylic oxidation sites excluding steroid dienone is 6. The van der Waals surface area contributed by atoms with Crippen molar-refractivity contribution in [1.29, 1.82) is 0 Å². The summed E-state index contributed by atoms with van der Waals surface area (Å²) < 4.78 is 1.32. The van der Waals surface area contributed by atoms with Crippen LogP contribution in [0.25, 0.3) is 0 Å². The third kappa shape index (κ3) is 6.52. The molecule has 0 radical (unpaired) electrons. The van der Waals surface area contributed by atoms with Crippen molar-refractivity contribution in [3.63, 3.8) is 0 Å². The average Bonchev–Trinajstić information content (AvgIpc) is 2.29. The first-order valence-corrected chi connectivity index (χ1v) is 9.54. The first kappa shape index (κ1) is 15.4. The molecule has 2 heteroatoms. The van der Waals surface area contributed by atoms with Crippen molar-refractivity contribution in [2.45, 2.75) is 20.8 Å². The first-order chi connectivity index (χ1) is 7.24. The van der Waals surface area contributed by atoms with Crippen molar-refractivity contribution in [2.24, 2.45) is 0 Å². The predicted molar refractivity (Wildman–Crippen MR) is 84.9 cm³/mol. The topological polar surface area (TPSA) is 0 Å². The monoisotopic (exact) mass is 337 g/mol. The minimum absolute atomic E-state index is 0.800. The number of alkyl halides is 1. The van der Waals surface area contributed by atoms with Gasteiger partial charge >= 0.3 is 0 Å². The smallest absolute Gasteiger partial charge is 0.0881 e. The second-order valence-electron chi connectivity index (χ2n) is 3.72. The lowest BCUT2D eigenvalue weighted by Crippen LogP contribution is -2.05. The fourth-order valence-corrected chi connectivity index (χ4v) is 6.58. The van der Waals surface area contributed by atoms with E-state index in [0.29, 0.717) is 0 Å². The summed E-state index contributed by atoms with van der Waals surface area (Å²) in [6.45, 7) is 6.35. The Kier molecular flexibility index (Phi) is 9.84. The Balaban J connectivity index is 4.57. The maximum atomic E-state index is 2.57. The van der Waals surface area contributed by atoms with Crippen molar-refractivity contribution in [1.82, 2.24) is 0 Å². The minimum Gasteiger partial charge on any atom is -0.0881 e. The van der Waals surface area contributed by atoms with Gasteiger partial charge in [0.15, 0.2) is 0 Å². The Morgan fingerprint density at radius 1 is 0.800 bits per heavy atom. The van der Waals surface area contributed by atoms with Crippen molar-refractivity contribution >= 4 is 29.9 Å². The quantitative estimate of drug-likeness (QED) is 0.262. The van der Waals surface area contributed by atoms with E-state index >= 15 is 0 Å². The summed E-state index contributed by atoms with van der Waals surface area (Å²) in [7, 11) is -0.800. The molecule has 0 saturated carbocycles. The van der Waals surface area contributed by atoms with Gasteiger partial charge in [-0.15, -0.1) is 0 Å². The van der Waals surface area contributed by atoms with E-state index in [4.69, 9.17) is 0 Å². The highest BCUT2D eigenvalue weighted by Crippen LogP contribution is 2.60. The minimum atomic E-state index is -0.800. The average molecular weight is 337 g/mol. The van der Waals surface area contributed by atoms with Gasteiger partial charge in [0.1, 0.15) is 4.17 Å². The zero-order valence-corrected chi connectivity index (χ0v) is 13.2. The Morgan fingerprint density at radius 3 is 1.33 bits per heavy atom. The summed E-state index contributed by atoms with van der Waals surface area (Å²) in [6, 6.07) is 0. The van der Waals surface area contributed by atoms with Crippen LogP contribution < -0.4 is 0 Å². The van der Waals surface area contributed by atoms with E-state index in [0.717, 1.165) is 0 Å². The molecule has 0 N–H and O–H groups in total. The van der Waals surface area contributed by atoms with Crippen LogP contribution in [0.15, 0.2) is 36.5 Å². The highest BCUT2D eigenvalue weighted by atomic mass is 127. The molecule has 0 aromatic heterocycles. The molecule has 0 bridgehead atoms. The largest absolute Gasteiger partial charge is 0.110 e. The summed E-state index contributed by atoms with van der Waals surface area (Å²) in [5.41, 5.74) is 0. The van der Waals surface area contributed by atoms with Crippen LogP contribution in [0.2, 0.25) is 0 Å². The highest BCUT2D eigenvalue weighted by Gasteiger charge is 2.31. The number of halogens is 1. The maximum Gasteiger partial charge on any atom is 0.110 e. The van der Waals surface area contributed by atoms with E-state index in [1.165, 1.54) is 22.7 Å². The molecule has 0 aliphatic rings. The van der Waals surface area contributed by atoms with Crippen LogP contribution in [-0.2, 0) is 0 Å². The van der Waals surface area contributed by atoms with Gasteiger partial charge in [-0.2, -0.15) is 0 Å². The Morgan fingerprint density at radius 2 is 1.13 bits per heavy atom.